The molecule has 2 aromatic carbocycles. The number of nitrogens with zero attached hydrogens (tertiary/aromatic N) is 3. The first-order valence-electron chi connectivity index (χ1n) is 10.7. The van der Waals surface area contributed by atoms with Gasteiger partial charge in [-0.3, -0.25) is 4.79 Å². The van der Waals surface area contributed by atoms with Gasteiger partial charge >= 0.3 is 0 Å². The number of anilines is 3. The monoisotopic (exact) mass is 459 g/mol. The van der Waals surface area contributed by atoms with Gasteiger partial charge in [-0.25, -0.2) is 9.97 Å². The van der Waals surface area contributed by atoms with Crippen molar-refractivity contribution in [2.45, 2.75) is 19.4 Å². The molecule has 0 fully saturated rings. The predicted molar refractivity (Wildman–Crippen MR) is 136 cm³/mol. The van der Waals surface area contributed by atoms with Gasteiger partial charge in [-0.05, 0) is 47.2 Å². The van der Waals surface area contributed by atoms with Crippen LogP contribution in [0.5, 0.6) is 0 Å². The number of carbonyl (C=O) groups is 1. The summed E-state index contributed by atoms with van der Waals surface area (Å²) in [6.07, 6.45) is 4.20. The van der Waals surface area contributed by atoms with E-state index in [0.29, 0.717) is 41.6 Å². The molecular formula is C26H26ClN5O. The van der Waals surface area contributed by atoms with E-state index in [1.165, 1.54) is 0 Å². The maximum Gasteiger partial charge on any atom is 0.166 e. The summed E-state index contributed by atoms with van der Waals surface area (Å²) in [5, 5.41) is 5.67. The highest BCUT2D eigenvalue weighted by atomic mass is 35.5. The van der Waals surface area contributed by atoms with E-state index in [9.17, 15) is 4.79 Å². The Morgan fingerprint density at radius 3 is 2.73 bits per heavy atom. The van der Waals surface area contributed by atoms with Crippen molar-refractivity contribution >= 4 is 45.5 Å². The van der Waals surface area contributed by atoms with E-state index in [1.807, 2.05) is 50.5 Å². The number of rotatable bonds is 8. The Balaban J connectivity index is 1.47. The summed E-state index contributed by atoms with van der Waals surface area (Å²) in [6, 6.07) is 17.8. The summed E-state index contributed by atoms with van der Waals surface area (Å²) < 4.78 is 0. The number of hydrogen-bond acceptors (Lipinski definition) is 6. The average molecular weight is 460 g/mol. The lowest BCUT2D eigenvalue weighted by atomic mass is 10.0. The van der Waals surface area contributed by atoms with E-state index >= 15 is 0 Å². The third kappa shape index (κ3) is 5.41. The molecule has 0 unspecified atom stereocenters. The fourth-order valence-corrected chi connectivity index (χ4v) is 3.88. The van der Waals surface area contributed by atoms with Gasteiger partial charge in [-0.15, -0.1) is 0 Å². The Morgan fingerprint density at radius 2 is 1.91 bits per heavy atom. The highest BCUT2D eigenvalue weighted by molar-refractivity contribution is 6.31. The molecule has 0 radical (unpaired) electrons. The Labute approximate surface area is 198 Å². The number of aromatic nitrogens is 2. The lowest BCUT2D eigenvalue weighted by Gasteiger charge is -2.15. The molecule has 0 saturated heterocycles. The zero-order chi connectivity index (χ0) is 23.4. The minimum absolute atomic E-state index is 0.0103. The Bertz CT molecular complexity index is 1310. The van der Waals surface area contributed by atoms with Crippen LogP contribution in [0.3, 0.4) is 0 Å². The van der Waals surface area contributed by atoms with E-state index in [2.05, 4.69) is 32.3 Å². The second-order valence-electron chi connectivity index (χ2n) is 8.14. The van der Waals surface area contributed by atoms with Crippen molar-refractivity contribution in [1.29, 1.82) is 0 Å². The maximum atomic E-state index is 13.1. The number of pyridine rings is 2. The SMILES string of the molecule is CN(C)c1cccc(CNc2ncc(Cl)cc2C(=O)CCc2ccc3c(N)nccc3c2)c1. The van der Waals surface area contributed by atoms with Gasteiger partial charge in [0.15, 0.2) is 5.78 Å². The molecule has 0 bridgehead atoms. The molecule has 6 nitrogen and oxygen atoms in total. The minimum Gasteiger partial charge on any atom is -0.383 e. The molecule has 4 rings (SSSR count). The van der Waals surface area contributed by atoms with E-state index in [-0.39, 0.29) is 5.78 Å². The lowest BCUT2D eigenvalue weighted by molar-refractivity contribution is 0.0983. The predicted octanol–water partition coefficient (Wildman–Crippen LogP) is 5.36. The van der Waals surface area contributed by atoms with Crippen LogP contribution in [0.25, 0.3) is 10.8 Å². The number of nitrogens with one attached hydrogen (secondary N) is 1. The molecule has 0 atom stereocenters. The minimum atomic E-state index is -0.0103. The highest BCUT2D eigenvalue weighted by Gasteiger charge is 2.14. The standard InChI is InChI=1S/C26H26ClN5O/c1-32(2)21-5-3-4-18(13-21)15-30-26-23(14-20(27)16-31-26)24(33)9-7-17-6-8-22-19(12-17)10-11-29-25(22)28/h3-6,8,10-14,16H,7,9,15H2,1-2H3,(H2,28,29)(H,30,31). The molecule has 0 aliphatic carbocycles. The van der Waals surface area contributed by atoms with Crippen molar-refractivity contribution in [2.24, 2.45) is 0 Å². The summed E-state index contributed by atoms with van der Waals surface area (Å²) in [5.41, 5.74) is 9.71. The number of fused-ring (bicyclic) bond motifs is 1. The normalized spacial score (nSPS) is 10.9. The molecule has 0 spiro atoms. The maximum absolute atomic E-state index is 13.1. The number of halogens is 1. The number of ketones is 1. The van der Waals surface area contributed by atoms with Crippen LogP contribution in [0.2, 0.25) is 5.02 Å². The number of nitrogen functional groups attached to an aromatic ring is 1. The first kappa shape index (κ1) is 22.6. The van der Waals surface area contributed by atoms with Gasteiger partial charge in [0.25, 0.3) is 0 Å². The average Bonchev–Trinajstić information content (AvgIpc) is 2.82. The Morgan fingerprint density at radius 1 is 1.06 bits per heavy atom. The molecule has 168 valence electrons. The third-order valence-electron chi connectivity index (χ3n) is 5.54. The summed E-state index contributed by atoms with van der Waals surface area (Å²) in [5.74, 6) is 1.04. The van der Waals surface area contributed by atoms with Gasteiger partial charge < -0.3 is 16.0 Å². The van der Waals surface area contributed by atoms with Gasteiger partial charge in [-0.1, -0.05) is 41.9 Å². The van der Waals surface area contributed by atoms with Crippen LogP contribution in [0, 0.1) is 0 Å². The number of hydrogen-bond donors (Lipinski definition) is 2. The van der Waals surface area contributed by atoms with Crippen LogP contribution in [0.15, 0.2) is 67.0 Å². The molecule has 0 aliphatic heterocycles. The molecule has 33 heavy (non-hydrogen) atoms. The number of nitrogens with two attached hydrogens (primary N) is 1. The second kappa shape index (κ2) is 9.88. The summed E-state index contributed by atoms with van der Waals surface area (Å²) >= 11 is 6.17. The molecule has 0 amide bonds. The van der Waals surface area contributed by atoms with Crippen molar-refractivity contribution in [2.75, 3.05) is 30.0 Å². The van der Waals surface area contributed by atoms with Gasteiger partial charge in [0.05, 0.1) is 10.6 Å². The van der Waals surface area contributed by atoms with Gasteiger partial charge in [-0.2, -0.15) is 0 Å². The first-order chi connectivity index (χ1) is 15.9. The molecule has 3 N–H and O–H groups in total. The van der Waals surface area contributed by atoms with Gasteiger partial charge in [0, 0.05) is 50.5 Å². The van der Waals surface area contributed by atoms with Crippen LogP contribution >= 0.6 is 11.6 Å². The fourth-order valence-electron chi connectivity index (χ4n) is 3.72. The van der Waals surface area contributed by atoms with Crippen LogP contribution in [-0.2, 0) is 13.0 Å². The molecule has 7 heteroatoms. The largest absolute Gasteiger partial charge is 0.383 e. The number of carbonyl (C=O) groups excluding carboxylic acids is 1. The highest BCUT2D eigenvalue weighted by Crippen LogP contribution is 2.24. The number of aryl methyl sites for hydroxylation is 1. The molecule has 0 saturated carbocycles. The van der Waals surface area contributed by atoms with Crippen LogP contribution in [0.1, 0.15) is 27.9 Å². The van der Waals surface area contributed by atoms with E-state index in [4.69, 9.17) is 17.3 Å². The fraction of sp³-hybridized carbons (Fsp3) is 0.192. The molecule has 2 aromatic heterocycles. The van der Waals surface area contributed by atoms with Crippen molar-refractivity contribution in [1.82, 2.24) is 9.97 Å². The first-order valence-corrected chi connectivity index (χ1v) is 11.1. The third-order valence-corrected chi connectivity index (χ3v) is 5.75. The Hall–Kier alpha value is -3.64. The van der Waals surface area contributed by atoms with Crippen molar-refractivity contribution in [3.05, 3.63) is 88.7 Å². The van der Waals surface area contributed by atoms with Gasteiger partial charge in [0.2, 0.25) is 0 Å². The summed E-state index contributed by atoms with van der Waals surface area (Å²) in [6.45, 7) is 0.552. The van der Waals surface area contributed by atoms with E-state index < -0.39 is 0 Å². The van der Waals surface area contributed by atoms with E-state index in [1.54, 1.807) is 18.5 Å². The van der Waals surface area contributed by atoms with Gasteiger partial charge in [0.1, 0.15) is 11.6 Å². The molecule has 0 aliphatic rings. The zero-order valence-corrected chi connectivity index (χ0v) is 19.4. The van der Waals surface area contributed by atoms with Crippen molar-refractivity contribution in [3.8, 4) is 0 Å². The van der Waals surface area contributed by atoms with Crippen LogP contribution in [0.4, 0.5) is 17.3 Å². The molecule has 4 aromatic rings. The topological polar surface area (TPSA) is 84.1 Å². The van der Waals surface area contributed by atoms with Crippen LogP contribution in [-0.4, -0.2) is 29.8 Å². The smallest absolute Gasteiger partial charge is 0.166 e. The second-order valence-corrected chi connectivity index (χ2v) is 8.58. The number of benzene rings is 2. The summed E-state index contributed by atoms with van der Waals surface area (Å²) in [4.78, 5) is 23.6. The Kier molecular flexibility index (Phi) is 6.75. The molecular weight excluding hydrogens is 434 g/mol. The number of Topliss-reactive ketones (excluding diaryl/α,β-unsaturated/α-hetero) is 1. The van der Waals surface area contributed by atoms with E-state index in [0.717, 1.165) is 27.6 Å². The molecule has 2 heterocycles. The van der Waals surface area contributed by atoms with Crippen molar-refractivity contribution < 1.29 is 4.79 Å². The van der Waals surface area contributed by atoms with Crippen molar-refractivity contribution in [3.63, 3.8) is 0 Å². The van der Waals surface area contributed by atoms with Crippen LogP contribution < -0.4 is 16.0 Å². The summed E-state index contributed by atoms with van der Waals surface area (Å²) in [7, 11) is 4.01. The zero-order valence-electron chi connectivity index (χ0n) is 18.7. The lowest BCUT2D eigenvalue weighted by Crippen LogP contribution is -2.11. The quantitative estimate of drug-likeness (QED) is 0.345.